The Morgan fingerprint density at radius 2 is 2.14 bits per heavy atom. The third kappa shape index (κ3) is 4.41. The highest BCUT2D eigenvalue weighted by Gasteiger charge is 2.29. The fourth-order valence-corrected chi connectivity index (χ4v) is 3.97. The van der Waals surface area contributed by atoms with E-state index in [4.69, 9.17) is 5.73 Å². The summed E-state index contributed by atoms with van der Waals surface area (Å²) in [6, 6.07) is 4.15. The van der Waals surface area contributed by atoms with Crippen LogP contribution < -0.4 is 5.73 Å². The number of Topliss-reactive ketones (excluding diaryl/α,β-unsaturated/α-hetero) is 1. The van der Waals surface area contributed by atoms with Crippen molar-refractivity contribution in [3.63, 3.8) is 0 Å². The number of halogens is 1. The van der Waals surface area contributed by atoms with Crippen molar-refractivity contribution in [2.45, 2.75) is 70.4 Å². The normalized spacial score (nSPS) is 19.6. The van der Waals surface area contributed by atoms with Crippen molar-refractivity contribution in [1.82, 2.24) is 14.9 Å². The second kappa shape index (κ2) is 8.82. The number of aromatic nitrogens is 2. The lowest BCUT2D eigenvalue weighted by Gasteiger charge is -2.35. The van der Waals surface area contributed by atoms with E-state index in [0.29, 0.717) is 11.3 Å². The molecular weight excluding hydrogens is 359 g/mol. The number of imidazole rings is 1. The van der Waals surface area contributed by atoms with Gasteiger partial charge in [-0.1, -0.05) is 19.9 Å². The van der Waals surface area contributed by atoms with Crippen LogP contribution >= 0.6 is 0 Å². The zero-order valence-corrected chi connectivity index (χ0v) is 16.6. The fraction of sp³-hybridized carbons (Fsp3) is 0.571. The summed E-state index contributed by atoms with van der Waals surface area (Å²) in [5.41, 5.74) is 6.92. The molecule has 0 bridgehead atoms. The van der Waals surface area contributed by atoms with Crippen molar-refractivity contribution in [3.05, 3.63) is 29.8 Å². The standard InChI is InChI=1S/C21H29FN4O2/c1-3-14-7-4-5-10-26(14)19(28)12-16(23)18(27)11-13(2)21-24-17-9-6-8-15(22)20(17)25-21/h6,8-9,13-14,16H,3-5,7,10-12,23H2,1-2H3,(H,24,25)/t13-,14+,16+/m1/s1. The van der Waals surface area contributed by atoms with E-state index in [2.05, 4.69) is 16.9 Å². The maximum atomic E-state index is 13.8. The van der Waals surface area contributed by atoms with Crippen molar-refractivity contribution in [3.8, 4) is 0 Å². The van der Waals surface area contributed by atoms with Crippen LogP contribution in [-0.2, 0) is 9.59 Å². The second-order valence-corrected chi connectivity index (χ2v) is 7.79. The number of ketones is 1. The van der Waals surface area contributed by atoms with Gasteiger partial charge < -0.3 is 15.6 Å². The summed E-state index contributed by atoms with van der Waals surface area (Å²) in [6.07, 6.45) is 4.29. The highest BCUT2D eigenvalue weighted by atomic mass is 19.1. The smallest absolute Gasteiger partial charge is 0.224 e. The lowest BCUT2D eigenvalue weighted by atomic mass is 9.96. The number of hydrogen-bond acceptors (Lipinski definition) is 4. The van der Waals surface area contributed by atoms with Gasteiger partial charge in [-0.15, -0.1) is 0 Å². The maximum Gasteiger partial charge on any atom is 0.224 e. The summed E-state index contributed by atoms with van der Waals surface area (Å²) >= 11 is 0. The number of benzene rings is 1. The van der Waals surface area contributed by atoms with Crippen LogP contribution in [0.3, 0.4) is 0 Å². The number of amides is 1. The molecular formula is C21H29FN4O2. The summed E-state index contributed by atoms with van der Waals surface area (Å²) in [7, 11) is 0. The van der Waals surface area contributed by atoms with E-state index in [9.17, 15) is 14.0 Å². The molecule has 28 heavy (non-hydrogen) atoms. The Bertz CT molecular complexity index is 850. The third-order valence-electron chi connectivity index (χ3n) is 5.68. The SMILES string of the molecule is CC[C@H]1CCCCN1C(=O)C[C@H](N)C(=O)C[C@@H](C)c1nc2c(F)cccc2[nH]1. The van der Waals surface area contributed by atoms with Gasteiger partial charge in [-0.05, 0) is 37.8 Å². The molecule has 1 aliphatic rings. The topological polar surface area (TPSA) is 92.1 Å². The first kappa shape index (κ1) is 20.5. The van der Waals surface area contributed by atoms with Crippen molar-refractivity contribution in [1.29, 1.82) is 0 Å². The molecule has 0 radical (unpaired) electrons. The van der Waals surface area contributed by atoms with Crippen LogP contribution in [0.5, 0.6) is 0 Å². The Morgan fingerprint density at radius 3 is 2.86 bits per heavy atom. The summed E-state index contributed by atoms with van der Waals surface area (Å²) in [5, 5.41) is 0. The van der Waals surface area contributed by atoms with Crippen molar-refractivity contribution < 1.29 is 14.0 Å². The quantitative estimate of drug-likeness (QED) is 0.761. The number of H-pyrrole nitrogens is 1. The molecule has 2 aromatic rings. The molecule has 1 aromatic carbocycles. The second-order valence-electron chi connectivity index (χ2n) is 7.79. The number of nitrogens with two attached hydrogens (primary N) is 1. The molecule has 152 valence electrons. The molecule has 1 saturated heterocycles. The number of piperidine rings is 1. The monoisotopic (exact) mass is 388 g/mol. The molecule has 2 heterocycles. The van der Waals surface area contributed by atoms with Gasteiger partial charge in [0.1, 0.15) is 11.3 Å². The Kier molecular flexibility index (Phi) is 6.44. The van der Waals surface area contributed by atoms with E-state index in [1.165, 1.54) is 6.07 Å². The molecule has 3 atom stereocenters. The fourth-order valence-electron chi connectivity index (χ4n) is 3.97. The number of hydrogen-bond donors (Lipinski definition) is 2. The number of para-hydroxylation sites is 1. The minimum Gasteiger partial charge on any atom is -0.342 e. The molecule has 0 saturated carbocycles. The number of likely N-dealkylation sites (tertiary alicyclic amines) is 1. The molecule has 7 heteroatoms. The predicted octanol–water partition coefficient (Wildman–Crippen LogP) is 3.27. The van der Waals surface area contributed by atoms with E-state index in [1.807, 2.05) is 11.8 Å². The highest BCUT2D eigenvalue weighted by molar-refractivity contribution is 5.90. The van der Waals surface area contributed by atoms with Crippen LogP contribution in [0.25, 0.3) is 11.0 Å². The average Bonchev–Trinajstić information content (AvgIpc) is 3.13. The molecule has 0 unspecified atom stereocenters. The predicted molar refractivity (Wildman–Crippen MR) is 106 cm³/mol. The van der Waals surface area contributed by atoms with Crippen LogP contribution in [-0.4, -0.2) is 45.2 Å². The lowest BCUT2D eigenvalue weighted by Crippen LogP contribution is -2.46. The third-order valence-corrected chi connectivity index (χ3v) is 5.68. The number of carbonyl (C=O) groups is 2. The van der Waals surface area contributed by atoms with Gasteiger partial charge in [0.2, 0.25) is 5.91 Å². The Balaban J connectivity index is 1.59. The zero-order chi connectivity index (χ0) is 20.3. The largest absolute Gasteiger partial charge is 0.342 e. The highest BCUT2D eigenvalue weighted by Crippen LogP contribution is 2.24. The van der Waals surface area contributed by atoms with E-state index < -0.39 is 11.9 Å². The summed E-state index contributed by atoms with van der Waals surface area (Å²) < 4.78 is 13.8. The van der Waals surface area contributed by atoms with E-state index in [1.54, 1.807) is 12.1 Å². The number of nitrogens with one attached hydrogen (secondary N) is 1. The molecule has 0 aliphatic carbocycles. The molecule has 6 nitrogen and oxygen atoms in total. The average molecular weight is 388 g/mol. The van der Waals surface area contributed by atoms with Gasteiger partial charge >= 0.3 is 0 Å². The first-order valence-electron chi connectivity index (χ1n) is 10.1. The Labute approximate surface area is 164 Å². The van der Waals surface area contributed by atoms with Crippen LogP contribution in [0.15, 0.2) is 18.2 Å². The van der Waals surface area contributed by atoms with Crippen molar-refractivity contribution >= 4 is 22.7 Å². The van der Waals surface area contributed by atoms with Crippen LogP contribution in [0.4, 0.5) is 4.39 Å². The van der Waals surface area contributed by atoms with Crippen LogP contribution in [0, 0.1) is 5.82 Å². The molecule has 1 aromatic heterocycles. The van der Waals surface area contributed by atoms with Gasteiger partial charge in [0.15, 0.2) is 11.6 Å². The molecule has 3 N–H and O–H groups in total. The summed E-state index contributed by atoms with van der Waals surface area (Å²) in [6.45, 7) is 4.68. The first-order chi connectivity index (χ1) is 13.4. The minimum absolute atomic E-state index is 0.0362. The van der Waals surface area contributed by atoms with Crippen molar-refractivity contribution in [2.24, 2.45) is 5.73 Å². The molecule has 1 aliphatic heterocycles. The molecule has 0 spiro atoms. The van der Waals surface area contributed by atoms with Gasteiger partial charge in [-0.3, -0.25) is 9.59 Å². The van der Waals surface area contributed by atoms with E-state index in [-0.39, 0.29) is 42.0 Å². The van der Waals surface area contributed by atoms with Crippen molar-refractivity contribution in [2.75, 3.05) is 6.54 Å². The van der Waals surface area contributed by atoms with Crippen LogP contribution in [0.2, 0.25) is 0 Å². The van der Waals surface area contributed by atoms with Gasteiger partial charge in [0, 0.05) is 31.3 Å². The molecule has 1 fully saturated rings. The number of fused-ring (bicyclic) bond motifs is 1. The maximum absolute atomic E-state index is 13.8. The number of carbonyl (C=O) groups excluding carboxylic acids is 2. The Morgan fingerprint density at radius 1 is 1.36 bits per heavy atom. The number of nitrogens with zero attached hydrogens (tertiary/aromatic N) is 2. The molecule has 1 amide bonds. The van der Waals surface area contributed by atoms with E-state index >= 15 is 0 Å². The van der Waals surface area contributed by atoms with Gasteiger partial charge in [0.25, 0.3) is 0 Å². The first-order valence-corrected chi connectivity index (χ1v) is 10.1. The molecule has 3 rings (SSSR count). The van der Waals surface area contributed by atoms with Crippen LogP contribution in [0.1, 0.15) is 64.1 Å². The summed E-state index contributed by atoms with van der Waals surface area (Å²) in [4.78, 5) is 34.4. The zero-order valence-electron chi connectivity index (χ0n) is 16.6. The Hall–Kier alpha value is -2.28. The van der Waals surface area contributed by atoms with Gasteiger partial charge in [-0.25, -0.2) is 9.37 Å². The minimum atomic E-state index is -0.824. The number of aromatic amines is 1. The van der Waals surface area contributed by atoms with Gasteiger partial charge in [-0.2, -0.15) is 0 Å². The van der Waals surface area contributed by atoms with E-state index in [0.717, 1.165) is 32.2 Å². The summed E-state index contributed by atoms with van der Waals surface area (Å²) in [5.74, 6) is -0.293. The number of rotatable bonds is 7. The van der Waals surface area contributed by atoms with Gasteiger partial charge in [0.05, 0.1) is 11.6 Å². The lowest BCUT2D eigenvalue weighted by molar-refractivity contribution is -0.137.